The largest absolute Gasteiger partial charge is 0.339 e. The summed E-state index contributed by atoms with van der Waals surface area (Å²) in [4.78, 5) is 14.8. The molecule has 1 aliphatic rings. The molecule has 0 aromatic heterocycles. The molecular weight excluding hydrogens is 312 g/mol. The van der Waals surface area contributed by atoms with Crippen molar-refractivity contribution >= 4 is 15.7 Å². The van der Waals surface area contributed by atoms with E-state index in [9.17, 15) is 13.2 Å². The van der Waals surface area contributed by atoms with Crippen molar-refractivity contribution in [2.45, 2.75) is 31.1 Å². The van der Waals surface area contributed by atoms with E-state index in [1.165, 1.54) is 12.3 Å². The van der Waals surface area contributed by atoms with Crippen molar-refractivity contribution in [3.63, 3.8) is 0 Å². The van der Waals surface area contributed by atoms with E-state index in [2.05, 4.69) is 5.32 Å². The van der Waals surface area contributed by atoms with Gasteiger partial charge in [0.2, 0.25) is 0 Å². The highest BCUT2D eigenvalue weighted by atomic mass is 32.2. The van der Waals surface area contributed by atoms with E-state index in [0.29, 0.717) is 11.5 Å². The lowest BCUT2D eigenvalue weighted by atomic mass is 9.93. The zero-order valence-corrected chi connectivity index (χ0v) is 14.9. The van der Waals surface area contributed by atoms with Crippen LogP contribution >= 0.6 is 0 Å². The molecular formula is C17H26N2O3S. The van der Waals surface area contributed by atoms with Crippen molar-refractivity contribution in [2.75, 3.05) is 32.9 Å². The molecule has 1 aromatic rings. The van der Waals surface area contributed by atoms with Gasteiger partial charge in [0.05, 0.1) is 4.90 Å². The standard InChI is InChI=1S/C17H26N2O3S/c1-13-4-5-15(23(3,21)22)12-16(13)17(20)19-10-7-14(8-11-19)6-9-18-2/h4-5,12,14,18H,6-11H2,1-3H3. The van der Waals surface area contributed by atoms with Gasteiger partial charge in [-0.25, -0.2) is 8.42 Å². The number of piperidine rings is 1. The van der Waals surface area contributed by atoms with Gasteiger partial charge >= 0.3 is 0 Å². The maximum atomic E-state index is 12.7. The number of aryl methyl sites for hydroxylation is 1. The summed E-state index contributed by atoms with van der Waals surface area (Å²) in [6, 6.07) is 4.79. The lowest BCUT2D eigenvalue weighted by molar-refractivity contribution is 0.0686. The quantitative estimate of drug-likeness (QED) is 0.890. The van der Waals surface area contributed by atoms with E-state index < -0.39 is 9.84 Å². The second-order valence-corrected chi connectivity index (χ2v) is 8.39. The van der Waals surface area contributed by atoms with Crippen LogP contribution in [-0.2, 0) is 9.84 Å². The number of sulfone groups is 1. The third kappa shape index (κ3) is 4.54. The number of hydrogen-bond donors (Lipinski definition) is 1. The van der Waals surface area contributed by atoms with Crippen LogP contribution in [0, 0.1) is 12.8 Å². The zero-order valence-electron chi connectivity index (χ0n) is 14.1. The minimum Gasteiger partial charge on any atom is -0.339 e. The molecule has 0 saturated carbocycles. The number of nitrogens with zero attached hydrogens (tertiary/aromatic N) is 1. The number of amides is 1. The first-order valence-electron chi connectivity index (χ1n) is 8.07. The summed E-state index contributed by atoms with van der Waals surface area (Å²) in [7, 11) is -1.35. The van der Waals surface area contributed by atoms with Gasteiger partial charge in [0.1, 0.15) is 0 Å². The van der Waals surface area contributed by atoms with Gasteiger partial charge in [0.15, 0.2) is 9.84 Å². The molecule has 23 heavy (non-hydrogen) atoms. The summed E-state index contributed by atoms with van der Waals surface area (Å²) in [6.07, 6.45) is 4.33. The molecule has 0 radical (unpaired) electrons. The molecule has 5 nitrogen and oxygen atoms in total. The first-order valence-corrected chi connectivity index (χ1v) is 9.96. The third-order valence-corrected chi connectivity index (χ3v) is 5.68. The van der Waals surface area contributed by atoms with E-state index in [4.69, 9.17) is 0 Å². The van der Waals surface area contributed by atoms with Gasteiger partial charge in [-0.05, 0) is 63.4 Å². The molecule has 0 atom stereocenters. The molecule has 1 heterocycles. The minimum atomic E-state index is -3.30. The maximum absolute atomic E-state index is 12.7. The average Bonchev–Trinajstić information content (AvgIpc) is 2.52. The smallest absolute Gasteiger partial charge is 0.254 e. The van der Waals surface area contributed by atoms with Crippen LogP contribution in [0.1, 0.15) is 35.2 Å². The van der Waals surface area contributed by atoms with Gasteiger partial charge in [-0.15, -0.1) is 0 Å². The molecule has 0 unspecified atom stereocenters. The highest BCUT2D eigenvalue weighted by Crippen LogP contribution is 2.23. The van der Waals surface area contributed by atoms with E-state index in [1.54, 1.807) is 12.1 Å². The topological polar surface area (TPSA) is 66.5 Å². The highest BCUT2D eigenvalue weighted by Gasteiger charge is 2.25. The van der Waals surface area contributed by atoms with E-state index >= 15 is 0 Å². The molecule has 1 aliphatic heterocycles. The number of carbonyl (C=O) groups is 1. The van der Waals surface area contributed by atoms with Crippen LogP contribution < -0.4 is 5.32 Å². The third-order valence-electron chi connectivity index (χ3n) is 4.57. The highest BCUT2D eigenvalue weighted by molar-refractivity contribution is 7.90. The number of benzene rings is 1. The van der Waals surface area contributed by atoms with Crippen molar-refractivity contribution in [3.05, 3.63) is 29.3 Å². The summed E-state index contributed by atoms with van der Waals surface area (Å²) in [5.74, 6) is 0.606. The normalized spacial score (nSPS) is 16.6. The van der Waals surface area contributed by atoms with Crippen LogP contribution in [0.5, 0.6) is 0 Å². The van der Waals surface area contributed by atoms with Gasteiger partial charge in [-0.3, -0.25) is 4.79 Å². The fourth-order valence-corrected chi connectivity index (χ4v) is 3.65. The van der Waals surface area contributed by atoms with Crippen molar-refractivity contribution in [1.29, 1.82) is 0 Å². The molecule has 1 N–H and O–H groups in total. The molecule has 128 valence electrons. The summed E-state index contributed by atoms with van der Waals surface area (Å²) in [5.41, 5.74) is 1.32. The van der Waals surface area contributed by atoms with Gasteiger partial charge in [-0.1, -0.05) is 6.07 Å². The lowest BCUT2D eigenvalue weighted by Gasteiger charge is -2.32. The fourth-order valence-electron chi connectivity index (χ4n) is 3.01. The molecule has 6 heteroatoms. The van der Waals surface area contributed by atoms with E-state index in [1.807, 2.05) is 18.9 Å². The van der Waals surface area contributed by atoms with E-state index in [0.717, 1.165) is 44.5 Å². The Bertz CT molecular complexity index is 662. The molecule has 2 rings (SSSR count). The monoisotopic (exact) mass is 338 g/mol. The van der Waals surface area contributed by atoms with E-state index in [-0.39, 0.29) is 10.8 Å². The Morgan fingerprint density at radius 3 is 2.52 bits per heavy atom. The van der Waals surface area contributed by atoms with Crippen molar-refractivity contribution < 1.29 is 13.2 Å². The second kappa shape index (κ2) is 7.45. The molecule has 0 bridgehead atoms. The Kier molecular flexibility index (Phi) is 5.81. The zero-order chi connectivity index (χ0) is 17.0. The van der Waals surface area contributed by atoms with Crippen molar-refractivity contribution in [3.8, 4) is 0 Å². The predicted octanol–water partition coefficient (Wildman–Crippen LogP) is 1.86. The van der Waals surface area contributed by atoms with Crippen LogP contribution in [0.15, 0.2) is 23.1 Å². The molecule has 1 amide bonds. The molecule has 1 saturated heterocycles. The Labute approximate surface area is 139 Å². The Morgan fingerprint density at radius 1 is 1.30 bits per heavy atom. The SMILES string of the molecule is CNCCC1CCN(C(=O)c2cc(S(C)(=O)=O)ccc2C)CC1. The average molecular weight is 338 g/mol. The van der Waals surface area contributed by atoms with Crippen LogP contribution in [0.25, 0.3) is 0 Å². The van der Waals surface area contributed by atoms with Crippen molar-refractivity contribution in [2.24, 2.45) is 5.92 Å². The molecule has 0 aliphatic carbocycles. The second-order valence-electron chi connectivity index (χ2n) is 6.38. The van der Waals surface area contributed by atoms with Crippen LogP contribution in [-0.4, -0.2) is 52.2 Å². The number of nitrogens with one attached hydrogen (secondary N) is 1. The lowest BCUT2D eigenvalue weighted by Crippen LogP contribution is -2.39. The van der Waals surface area contributed by atoms with Gasteiger partial charge in [0, 0.05) is 24.9 Å². The molecule has 0 spiro atoms. The Balaban J connectivity index is 2.10. The van der Waals surface area contributed by atoms with Crippen molar-refractivity contribution in [1.82, 2.24) is 10.2 Å². The number of likely N-dealkylation sites (tertiary alicyclic amines) is 1. The summed E-state index contributed by atoms with van der Waals surface area (Å²) < 4.78 is 23.4. The first kappa shape index (κ1) is 17.9. The molecule has 1 aromatic carbocycles. The fraction of sp³-hybridized carbons (Fsp3) is 0.588. The minimum absolute atomic E-state index is 0.0555. The van der Waals surface area contributed by atoms with Crippen LogP contribution in [0.4, 0.5) is 0 Å². The number of hydrogen-bond acceptors (Lipinski definition) is 4. The first-order chi connectivity index (χ1) is 10.8. The molecule has 1 fully saturated rings. The Morgan fingerprint density at radius 2 is 1.96 bits per heavy atom. The Hall–Kier alpha value is -1.40. The van der Waals surface area contributed by atoms with Crippen LogP contribution in [0.3, 0.4) is 0 Å². The number of rotatable bonds is 5. The summed E-state index contributed by atoms with van der Waals surface area (Å²) in [5, 5.41) is 3.17. The number of carbonyl (C=O) groups excluding carboxylic acids is 1. The van der Waals surface area contributed by atoms with Gasteiger partial charge < -0.3 is 10.2 Å². The van der Waals surface area contributed by atoms with Gasteiger partial charge in [-0.2, -0.15) is 0 Å². The summed E-state index contributed by atoms with van der Waals surface area (Å²) >= 11 is 0. The maximum Gasteiger partial charge on any atom is 0.254 e. The van der Waals surface area contributed by atoms with Crippen LogP contribution in [0.2, 0.25) is 0 Å². The predicted molar refractivity (Wildman–Crippen MR) is 91.5 cm³/mol. The summed E-state index contributed by atoms with van der Waals surface area (Å²) in [6.45, 7) is 4.35. The van der Waals surface area contributed by atoms with Gasteiger partial charge in [0.25, 0.3) is 5.91 Å².